The average molecular weight is 527 g/mol. The van der Waals surface area contributed by atoms with Gasteiger partial charge < -0.3 is 14.7 Å². The maximum Gasteiger partial charge on any atom is 0.368 e. The van der Waals surface area contributed by atoms with Crippen LogP contribution >= 0.6 is 11.8 Å². The van der Waals surface area contributed by atoms with E-state index in [0.29, 0.717) is 36.4 Å². The lowest BCUT2D eigenvalue weighted by Gasteiger charge is -2.29. The Bertz CT molecular complexity index is 1200. The highest BCUT2D eigenvalue weighted by Crippen LogP contribution is 2.41. The second-order valence-corrected chi connectivity index (χ2v) is 11.0. The van der Waals surface area contributed by atoms with E-state index in [-0.39, 0.29) is 22.5 Å². The summed E-state index contributed by atoms with van der Waals surface area (Å²) in [6, 6.07) is 8.69. The number of aliphatic carboxylic acids is 1. The van der Waals surface area contributed by atoms with Gasteiger partial charge in [0.15, 0.2) is 0 Å². The van der Waals surface area contributed by atoms with Crippen molar-refractivity contribution in [2.75, 3.05) is 24.7 Å². The standard InChI is InChI=1S/C24H28F2N2O5S2/c1-4-5-6-18-14-28(13-16-7-9-17(25)10-8-16)20-11-22(34-3)21(33-15-19(26)24(29)30)12-23(20)35(31,32)27(18)2/h7-12,15,18H,4-6,13-14H2,1-3H3,(H,29,30)/b19-15-. The Morgan fingerprint density at radius 2 is 1.97 bits per heavy atom. The van der Waals surface area contributed by atoms with Crippen LogP contribution in [0.5, 0.6) is 5.75 Å². The summed E-state index contributed by atoms with van der Waals surface area (Å²) in [6.45, 7) is 2.80. The van der Waals surface area contributed by atoms with Gasteiger partial charge in [-0.1, -0.05) is 31.9 Å². The maximum absolute atomic E-state index is 13.6. The highest BCUT2D eigenvalue weighted by Gasteiger charge is 2.37. The van der Waals surface area contributed by atoms with Crippen LogP contribution in [0.1, 0.15) is 31.7 Å². The normalized spacial score (nSPS) is 18.1. The first-order valence-electron chi connectivity index (χ1n) is 11.0. The van der Waals surface area contributed by atoms with Crippen molar-refractivity contribution >= 4 is 33.4 Å². The number of carbonyl (C=O) groups is 1. The molecule has 11 heteroatoms. The predicted octanol–water partition coefficient (Wildman–Crippen LogP) is 5.02. The largest absolute Gasteiger partial charge is 0.476 e. The molecule has 1 unspecified atom stereocenters. The second-order valence-electron chi connectivity index (χ2n) is 8.18. The van der Waals surface area contributed by atoms with Gasteiger partial charge in [0.25, 0.3) is 0 Å². The summed E-state index contributed by atoms with van der Waals surface area (Å²) in [6.07, 6.45) is 4.60. The Kier molecular flexibility index (Phi) is 8.79. The summed E-state index contributed by atoms with van der Waals surface area (Å²) in [7, 11) is -2.42. The summed E-state index contributed by atoms with van der Waals surface area (Å²) in [5.74, 6) is -3.63. The first-order chi connectivity index (χ1) is 16.6. The van der Waals surface area contributed by atoms with Crippen LogP contribution in [0.3, 0.4) is 0 Å². The molecule has 0 bridgehead atoms. The Hall–Kier alpha value is -2.63. The quantitative estimate of drug-likeness (QED) is 0.279. The van der Waals surface area contributed by atoms with Crippen LogP contribution < -0.4 is 9.64 Å². The van der Waals surface area contributed by atoms with Crippen molar-refractivity contribution < 1.29 is 31.8 Å². The number of likely N-dealkylation sites (N-methyl/N-ethyl adjacent to an activating group) is 1. The minimum Gasteiger partial charge on any atom is -0.476 e. The molecule has 35 heavy (non-hydrogen) atoms. The van der Waals surface area contributed by atoms with Crippen molar-refractivity contribution in [3.63, 3.8) is 0 Å². The first kappa shape index (κ1) is 27.0. The van der Waals surface area contributed by atoms with Crippen molar-refractivity contribution in [2.45, 2.75) is 48.6 Å². The lowest BCUT2D eigenvalue weighted by atomic mass is 10.1. The van der Waals surface area contributed by atoms with Crippen molar-refractivity contribution in [3.05, 3.63) is 59.9 Å². The first-order valence-corrected chi connectivity index (χ1v) is 13.7. The molecule has 0 saturated heterocycles. The number of unbranched alkanes of at least 4 members (excludes halogenated alkanes) is 1. The van der Waals surface area contributed by atoms with Crippen molar-refractivity contribution in [3.8, 4) is 5.75 Å². The number of ether oxygens (including phenoxy) is 1. The van der Waals surface area contributed by atoms with Gasteiger partial charge in [-0.05, 0) is 36.4 Å². The highest BCUT2D eigenvalue weighted by atomic mass is 32.2. The molecule has 1 N–H and O–H groups in total. The molecule has 0 aromatic heterocycles. The molecule has 7 nitrogen and oxygen atoms in total. The van der Waals surface area contributed by atoms with Crippen LogP contribution in [-0.2, 0) is 21.4 Å². The summed E-state index contributed by atoms with van der Waals surface area (Å²) in [5.41, 5.74) is 1.26. The van der Waals surface area contributed by atoms with Crippen molar-refractivity contribution in [2.24, 2.45) is 0 Å². The summed E-state index contributed by atoms with van der Waals surface area (Å²) < 4.78 is 60.9. The van der Waals surface area contributed by atoms with Crippen LogP contribution in [0, 0.1) is 5.82 Å². The monoisotopic (exact) mass is 526 g/mol. The summed E-state index contributed by atoms with van der Waals surface area (Å²) in [5, 5.41) is 8.76. The molecule has 0 spiro atoms. The lowest BCUT2D eigenvalue weighted by Crippen LogP contribution is -2.41. The van der Waals surface area contributed by atoms with Crippen molar-refractivity contribution in [1.29, 1.82) is 0 Å². The third kappa shape index (κ3) is 6.14. The molecule has 3 rings (SSSR count). The fraction of sp³-hybridized carbons (Fsp3) is 0.375. The number of carboxylic acids is 1. The third-order valence-corrected chi connectivity index (χ3v) is 8.56. The number of anilines is 1. The molecular weight excluding hydrogens is 498 g/mol. The Labute approximate surface area is 208 Å². The molecule has 0 fully saturated rings. The zero-order chi connectivity index (χ0) is 25.8. The maximum atomic E-state index is 13.6. The fourth-order valence-electron chi connectivity index (χ4n) is 3.89. The van der Waals surface area contributed by atoms with Crippen LogP contribution in [-0.4, -0.2) is 49.7 Å². The van der Waals surface area contributed by atoms with Gasteiger partial charge in [0.2, 0.25) is 15.9 Å². The van der Waals surface area contributed by atoms with E-state index < -0.39 is 21.8 Å². The van der Waals surface area contributed by atoms with E-state index in [4.69, 9.17) is 9.84 Å². The zero-order valence-corrected chi connectivity index (χ0v) is 21.3. The van der Waals surface area contributed by atoms with Crippen LogP contribution in [0.25, 0.3) is 0 Å². The Balaban J connectivity index is 2.15. The number of hydrogen-bond acceptors (Lipinski definition) is 6. The van der Waals surface area contributed by atoms with E-state index in [1.54, 1.807) is 24.5 Å². The smallest absolute Gasteiger partial charge is 0.368 e. The van der Waals surface area contributed by atoms with E-state index >= 15 is 0 Å². The van der Waals surface area contributed by atoms with Crippen LogP contribution in [0.4, 0.5) is 14.5 Å². The molecule has 2 aromatic rings. The zero-order valence-electron chi connectivity index (χ0n) is 19.7. The van der Waals surface area contributed by atoms with Gasteiger partial charge in [-0.3, -0.25) is 0 Å². The number of nitrogens with zero attached hydrogens (tertiary/aromatic N) is 2. The van der Waals surface area contributed by atoms with Gasteiger partial charge in [0.05, 0.1) is 10.6 Å². The number of halogens is 2. The highest BCUT2D eigenvalue weighted by molar-refractivity contribution is 7.98. The molecule has 2 aromatic carbocycles. The number of benzene rings is 2. The Morgan fingerprint density at radius 3 is 2.57 bits per heavy atom. The van der Waals surface area contributed by atoms with E-state index in [0.717, 1.165) is 18.4 Å². The number of hydrogen-bond donors (Lipinski definition) is 1. The molecule has 1 aliphatic rings. The van der Waals surface area contributed by atoms with Gasteiger partial charge in [-0.15, -0.1) is 11.8 Å². The minimum atomic E-state index is -3.96. The lowest BCUT2D eigenvalue weighted by molar-refractivity contribution is -0.134. The number of fused-ring (bicyclic) bond motifs is 1. The molecule has 1 atom stereocenters. The number of rotatable bonds is 9. The van der Waals surface area contributed by atoms with E-state index in [2.05, 4.69) is 0 Å². The van der Waals surface area contributed by atoms with Crippen LogP contribution in [0.15, 0.2) is 58.3 Å². The van der Waals surface area contributed by atoms with E-state index in [9.17, 15) is 22.0 Å². The topological polar surface area (TPSA) is 87.1 Å². The van der Waals surface area contributed by atoms with Gasteiger partial charge in [-0.25, -0.2) is 17.6 Å². The summed E-state index contributed by atoms with van der Waals surface area (Å²) in [4.78, 5) is 13.2. The number of sulfonamides is 1. The predicted molar refractivity (Wildman–Crippen MR) is 131 cm³/mol. The molecule has 1 heterocycles. The molecule has 0 aliphatic carbocycles. The minimum absolute atomic E-state index is 0.0263. The molecule has 0 amide bonds. The van der Waals surface area contributed by atoms with Crippen molar-refractivity contribution in [1.82, 2.24) is 4.31 Å². The van der Waals surface area contributed by atoms with E-state index in [1.165, 1.54) is 41.3 Å². The summed E-state index contributed by atoms with van der Waals surface area (Å²) >= 11 is 1.25. The SMILES string of the molecule is CCCCC1CN(Cc2ccc(F)cc2)c2cc(SC)c(O/C=C(\F)C(=O)O)cc2S(=O)(=O)N1C. The molecule has 1 aliphatic heterocycles. The van der Waals surface area contributed by atoms with Crippen LogP contribution in [0.2, 0.25) is 0 Å². The molecular formula is C24H28F2N2O5S2. The molecule has 0 radical (unpaired) electrons. The van der Waals surface area contributed by atoms with Gasteiger partial charge >= 0.3 is 5.97 Å². The fourth-order valence-corrected chi connectivity index (χ4v) is 6.01. The number of thioether (sulfide) groups is 1. The van der Waals surface area contributed by atoms with Gasteiger partial charge in [-0.2, -0.15) is 8.70 Å². The Morgan fingerprint density at radius 1 is 1.29 bits per heavy atom. The molecule has 190 valence electrons. The van der Waals surface area contributed by atoms with E-state index in [1.807, 2.05) is 11.8 Å². The second kappa shape index (κ2) is 11.4. The van der Waals surface area contributed by atoms with Gasteiger partial charge in [0.1, 0.15) is 22.7 Å². The third-order valence-electron chi connectivity index (χ3n) is 5.86. The van der Waals surface area contributed by atoms with Gasteiger partial charge in [0, 0.05) is 32.2 Å². The number of carboxylic acid groups (broad SMARTS) is 1. The molecule has 0 saturated carbocycles. The average Bonchev–Trinajstić information content (AvgIpc) is 2.90.